The highest BCUT2D eigenvalue weighted by atomic mass is 79.9. The highest BCUT2D eigenvalue weighted by Gasteiger charge is 2.55. The Kier molecular flexibility index (Phi) is 3.19. The van der Waals surface area contributed by atoms with Crippen molar-refractivity contribution in [3.8, 4) is 0 Å². The fourth-order valence-electron chi connectivity index (χ4n) is 2.99. The monoisotopic (exact) mass is 370 g/mol. The van der Waals surface area contributed by atoms with Crippen molar-refractivity contribution in [1.29, 1.82) is 0 Å². The molecule has 2 heterocycles. The lowest BCUT2D eigenvalue weighted by atomic mass is 9.81. The Hall–Kier alpha value is -0.590. The summed E-state index contributed by atoms with van der Waals surface area (Å²) in [6.07, 6.45) is 0.720. The molecule has 1 atom stereocenters. The van der Waals surface area contributed by atoms with Crippen molar-refractivity contribution in [2.45, 2.75) is 35.4 Å². The summed E-state index contributed by atoms with van der Waals surface area (Å²) in [7, 11) is 1.73. The molecule has 0 bridgehead atoms. The molecule has 1 unspecified atom stereocenters. The fourth-order valence-corrected chi connectivity index (χ4v) is 4.97. The molecule has 0 saturated carbocycles. The van der Waals surface area contributed by atoms with Gasteiger partial charge in [-0.05, 0) is 36.8 Å². The molecule has 1 fully saturated rings. The van der Waals surface area contributed by atoms with Gasteiger partial charge in [0.05, 0.1) is 0 Å². The van der Waals surface area contributed by atoms with Crippen LogP contribution in [-0.4, -0.2) is 27.7 Å². The Balaban J connectivity index is 2.24. The number of hydrogen-bond acceptors (Lipinski definition) is 3. The van der Waals surface area contributed by atoms with Crippen molar-refractivity contribution < 1.29 is 4.79 Å². The maximum absolute atomic E-state index is 12.8. The zero-order valence-electron chi connectivity index (χ0n) is 11.5. The van der Waals surface area contributed by atoms with Crippen molar-refractivity contribution >= 4 is 50.9 Å². The van der Waals surface area contributed by atoms with E-state index in [1.54, 1.807) is 11.9 Å². The predicted molar refractivity (Wildman–Crippen MR) is 88.9 cm³/mol. The molecule has 20 heavy (non-hydrogen) atoms. The van der Waals surface area contributed by atoms with Crippen molar-refractivity contribution in [2.75, 3.05) is 7.05 Å². The number of likely N-dealkylation sites (N-methyl/N-ethyl adjacent to an activating group) is 1. The number of rotatable bonds is 0. The molecular formula is C14H15BrN2OS2. The van der Waals surface area contributed by atoms with Gasteiger partial charge in [-0.15, -0.1) is 11.8 Å². The van der Waals surface area contributed by atoms with Crippen LogP contribution in [-0.2, 0) is 10.3 Å². The first-order valence-corrected chi connectivity index (χ1v) is 8.36. The molecule has 1 aromatic carbocycles. The second-order valence-corrected chi connectivity index (χ2v) is 8.93. The van der Waals surface area contributed by atoms with Gasteiger partial charge in [-0.2, -0.15) is 0 Å². The molecule has 0 radical (unpaired) electrons. The third-order valence-corrected chi connectivity index (χ3v) is 5.92. The number of amides is 1. The largest absolute Gasteiger partial charge is 0.344 e. The smallest absolute Gasteiger partial charge is 0.258 e. The number of hydrogen-bond donors (Lipinski definition) is 1. The summed E-state index contributed by atoms with van der Waals surface area (Å²) in [5.74, 6) is 0.0372. The predicted octanol–water partition coefficient (Wildman–Crippen LogP) is 3.27. The van der Waals surface area contributed by atoms with Gasteiger partial charge in [0.2, 0.25) is 0 Å². The van der Waals surface area contributed by atoms with Gasteiger partial charge in [0.25, 0.3) is 5.91 Å². The summed E-state index contributed by atoms with van der Waals surface area (Å²) in [6.45, 7) is 4.33. The van der Waals surface area contributed by atoms with E-state index in [4.69, 9.17) is 12.2 Å². The van der Waals surface area contributed by atoms with Gasteiger partial charge in [0, 0.05) is 26.7 Å². The lowest BCUT2D eigenvalue weighted by molar-refractivity contribution is -0.131. The van der Waals surface area contributed by atoms with E-state index < -0.39 is 5.54 Å². The first-order valence-electron chi connectivity index (χ1n) is 6.35. The van der Waals surface area contributed by atoms with Gasteiger partial charge in [-0.25, -0.2) is 0 Å². The highest BCUT2D eigenvalue weighted by Crippen LogP contribution is 2.52. The average Bonchev–Trinajstić information content (AvgIpc) is 2.55. The molecule has 0 aliphatic carbocycles. The first-order chi connectivity index (χ1) is 9.25. The number of benzene rings is 1. The van der Waals surface area contributed by atoms with Crippen LogP contribution in [0.2, 0.25) is 0 Å². The van der Waals surface area contributed by atoms with Crippen LogP contribution in [0.3, 0.4) is 0 Å². The number of nitrogens with one attached hydrogen (secondary N) is 1. The zero-order chi connectivity index (χ0) is 14.7. The Bertz CT molecular complexity index is 632. The average molecular weight is 371 g/mol. The van der Waals surface area contributed by atoms with Crippen LogP contribution in [0.15, 0.2) is 27.6 Å². The number of thioether (sulfide) groups is 1. The Morgan fingerprint density at radius 3 is 2.75 bits per heavy atom. The van der Waals surface area contributed by atoms with Crippen LogP contribution in [0, 0.1) is 0 Å². The van der Waals surface area contributed by atoms with Crippen LogP contribution < -0.4 is 5.32 Å². The number of carbonyl (C=O) groups is 1. The Morgan fingerprint density at radius 1 is 1.45 bits per heavy atom. The number of thiocarbonyl (C=S) groups is 1. The van der Waals surface area contributed by atoms with Crippen molar-refractivity contribution in [1.82, 2.24) is 10.2 Å². The lowest BCUT2D eigenvalue weighted by Crippen LogP contribution is -2.50. The summed E-state index contributed by atoms with van der Waals surface area (Å²) in [4.78, 5) is 15.5. The van der Waals surface area contributed by atoms with Gasteiger partial charge in [-0.1, -0.05) is 29.8 Å². The molecule has 6 heteroatoms. The fraction of sp³-hybridized carbons (Fsp3) is 0.429. The maximum Gasteiger partial charge on any atom is 0.258 e. The van der Waals surface area contributed by atoms with E-state index in [1.165, 1.54) is 0 Å². The second kappa shape index (κ2) is 4.45. The van der Waals surface area contributed by atoms with Gasteiger partial charge < -0.3 is 5.32 Å². The van der Waals surface area contributed by atoms with E-state index in [0.717, 1.165) is 21.4 Å². The summed E-state index contributed by atoms with van der Waals surface area (Å²) in [6, 6.07) is 6.12. The van der Waals surface area contributed by atoms with Crippen LogP contribution in [0.5, 0.6) is 0 Å². The summed E-state index contributed by atoms with van der Waals surface area (Å²) in [5.41, 5.74) is 0.299. The summed E-state index contributed by atoms with van der Waals surface area (Å²) < 4.78 is 0.954. The van der Waals surface area contributed by atoms with Gasteiger partial charge in [-0.3, -0.25) is 9.69 Å². The molecule has 1 N–H and O–H groups in total. The Labute approximate surface area is 136 Å². The minimum atomic E-state index is -0.723. The SMILES string of the molecule is CN1C(=O)C2(CC(C)(C)Sc3ccc(Br)cc32)NC1=S. The number of nitrogens with zero attached hydrogens (tertiary/aromatic N) is 1. The molecule has 1 spiro atoms. The van der Waals surface area contributed by atoms with Gasteiger partial charge in [0.1, 0.15) is 5.54 Å². The minimum Gasteiger partial charge on any atom is -0.344 e. The molecule has 2 aliphatic heterocycles. The van der Waals surface area contributed by atoms with E-state index in [0.29, 0.717) is 5.11 Å². The maximum atomic E-state index is 12.8. The van der Waals surface area contributed by atoms with Crippen molar-refractivity contribution in [3.63, 3.8) is 0 Å². The molecule has 106 valence electrons. The Morgan fingerprint density at radius 2 is 2.15 bits per heavy atom. The molecule has 3 nitrogen and oxygen atoms in total. The van der Waals surface area contributed by atoms with Gasteiger partial charge >= 0.3 is 0 Å². The third-order valence-electron chi connectivity index (χ3n) is 3.77. The second-order valence-electron chi connectivity index (χ2n) is 5.88. The van der Waals surface area contributed by atoms with Crippen LogP contribution in [0.1, 0.15) is 25.8 Å². The third kappa shape index (κ3) is 2.00. The van der Waals surface area contributed by atoms with Crippen LogP contribution >= 0.6 is 39.9 Å². The zero-order valence-corrected chi connectivity index (χ0v) is 14.7. The molecule has 2 aliphatic rings. The van der Waals surface area contributed by atoms with E-state index in [9.17, 15) is 4.79 Å². The van der Waals surface area contributed by atoms with Crippen LogP contribution in [0.25, 0.3) is 0 Å². The molecule has 3 rings (SSSR count). The van der Waals surface area contributed by atoms with E-state index in [2.05, 4.69) is 41.2 Å². The number of fused-ring (bicyclic) bond motifs is 2. The first kappa shape index (κ1) is 14.4. The molecular weight excluding hydrogens is 356 g/mol. The van der Waals surface area contributed by atoms with Crippen molar-refractivity contribution in [3.05, 3.63) is 28.2 Å². The molecule has 1 saturated heterocycles. The standard InChI is InChI=1S/C14H15BrN2OS2/c1-13(2)7-14(11(18)17(3)12(19)16-14)9-6-8(15)4-5-10(9)20-13/h4-6H,7H2,1-3H3,(H,16,19). The summed E-state index contributed by atoms with van der Waals surface area (Å²) in [5, 5.41) is 3.78. The van der Waals surface area contributed by atoms with Gasteiger partial charge in [0.15, 0.2) is 5.11 Å². The normalized spacial score (nSPS) is 27.7. The summed E-state index contributed by atoms with van der Waals surface area (Å²) >= 11 is 10.6. The van der Waals surface area contributed by atoms with E-state index in [1.807, 2.05) is 23.9 Å². The molecule has 1 amide bonds. The lowest BCUT2D eigenvalue weighted by Gasteiger charge is -2.41. The topological polar surface area (TPSA) is 32.3 Å². The minimum absolute atomic E-state index is 0.0235. The van der Waals surface area contributed by atoms with E-state index in [-0.39, 0.29) is 10.7 Å². The molecule has 0 aromatic heterocycles. The van der Waals surface area contributed by atoms with Crippen molar-refractivity contribution in [2.24, 2.45) is 0 Å². The van der Waals surface area contributed by atoms with E-state index >= 15 is 0 Å². The highest BCUT2D eigenvalue weighted by molar-refractivity contribution is 9.10. The molecule has 1 aromatic rings. The quantitative estimate of drug-likeness (QED) is 0.710. The number of halogens is 1. The van der Waals surface area contributed by atoms with Crippen LogP contribution in [0.4, 0.5) is 0 Å². The number of carbonyl (C=O) groups excluding carboxylic acids is 1.